The van der Waals surface area contributed by atoms with E-state index in [1.165, 1.54) is 6.20 Å². The largest absolute Gasteiger partial charge is 0.492 e. The summed E-state index contributed by atoms with van der Waals surface area (Å²) in [5, 5.41) is 0. The fraction of sp³-hybridized carbons (Fsp3) is 0.0870. The average molecular weight is 430 g/mol. The number of fused-ring (bicyclic) bond motifs is 1. The van der Waals surface area contributed by atoms with Crippen molar-refractivity contribution in [2.75, 3.05) is 4.72 Å². The van der Waals surface area contributed by atoms with Crippen molar-refractivity contribution in [1.82, 2.24) is 15.0 Å². The minimum absolute atomic E-state index is 0.113. The fourth-order valence-electron chi connectivity index (χ4n) is 3.40. The number of benzene rings is 2. The number of hydrogen-bond acceptors (Lipinski definition) is 6. The monoisotopic (exact) mass is 430 g/mol. The zero-order chi connectivity index (χ0) is 21.3. The molecule has 0 amide bonds. The number of aromatic nitrogens is 3. The van der Waals surface area contributed by atoms with E-state index in [1.807, 2.05) is 24.3 Å². The molecule has 0 aliphatic carbocycles. The molecule has 4 aromatic rings. The summed E-state index contributed by atoms with van der Waals surface area (Å²) in [5.74, 6) is 0. The van der Waals surface area contributed by atoms with Crippen molar-refractivity contribution in [2.45, 2.75) is 17.4 Å². The van der Waals surface area contributed by atoms with Crippen LogP contribution in [0.1, 0.15) is 18.2 Å². The number of pyridine rings is 1. The Bertz CT molecular complexity index is 1380. The minimum Gasteiger partial charge on any atom is -0.492 e. The van der Waals surface area contributed by atoms with E-state index in [2.05, 4.69) is 14.7 Å². The van der Waals surface area contributed by atoms with E-state index in [-0.39, 0.29) is 11.0 Å². The van der Waals surface area contributed by atoms with E-state index in [9.17, 15) is 8.42 Å². The molecule has 8 heteroatoms. The van der Waals surface area contributed by atoms with Crippen LogP contribution in [0, 0.1) is 0 Å². The zero-order valence-corrected chi connectivity index (χ0v) is 17.2. The van der Waals surface area contributed by atoms with Gasteiger partial charge in [-0.15, -0.1) is 0 Å². The van der Waals surface area contributed by atoms with E-state index >= 15 is 0 Å². The van der Waals surface area contributed by atoms with Gasteiger partial charge >= 0.3 is 0 Å². The molecule has 0 saturated heterocycles. The van der Waals surface area contributed by atoms with Crippen molar-refractivity contribution in [3.05, 3.63) is 91.2 Å². The Morgan fingerprint density at radius 3 is 2.61 bits per heavy atom. The standard InChI is InChI=1S/C23H18N4O3S/c28-31(29,19-5-2-1-3-6-19)27-18-11-17(13-24-14-18)16-8-9-20-21(12-16)26-22(15-25-20)23-7-4-10-30-23/h1-6,8-15,23,27H,7H2. The van der Waals surface area contributed by atoms with Crippen LogP contribution in [-0.2, 0) is 14.8 Å². The van der Waals surface area contributed by atoms with Gasteiger partial charge in [-0.3, -0.25) is 14.7 Å². The summed E-state index contributed by atoms with van der Waals surface area (Å²) in [6, 6.07) is 15.7. The molecule has 1 unspecified atom stereocenters. The third kappa shape index (κ3) is 3.97. The molecule has 7 nitrogen and oxygen atoms in total. The van der Waals surface area contributed by atoms with Gasteiger partial charge in [-0.05, 0) is 42.0 Å². The number of rotatable bonds is 5. The van der Waals surface area contributed by atoms with Gasteiger partial charge in [0.25, 0.3) is 10.0 Å². The van der Waals surface area contributed by atoms with Crippen LogP contribution in [0.5, 0.6) is 0 Å². The van der Waals surface area contributed by atoms with Crippen LogP contribution in [0.25, 0.3) is 22.2 Å². The lowest BCUT2D eigenvalue weighted by Crippen LogP contribution is -2.12. The molecule has 1 atom stereocenters. The molecule has 154 valence electrons. The number of hydrogen-bond donors (Lipinski definition) is 1. The lowest BCUT2D eigenvalue weighted by Gasteiger charge is -2.11. The van der Waals surface area contributed by atoms with E-state index in [0.717, 1.165) is 34.3 Å². The molecule has 1 aliphatic heterocycles. The van der Waals surface area contributed by atoms with Crippen LogP contribution < -0.4 is 4.72 Å². The van der Waals surface area contributed by atoms with Gasteiger partial charge in [0.2, 0.25) is 0 Å². The van der Waals surface area contributed by atoms with Crippen molar-refractivity contribution in [1.29, 1.82) is 0 Å². The molecule has 2 aromatic carbocycles. The molecule has 0 saturated carbocycles. The fourth-order valence-corrected chi connectivity index (χ4v) is 4.46. The van der Waals surface area contributed by atoms with Crippen molar-refractivity contribution in [3.8, 4) is 11.1 Å². The molecule has 1 N–H and O–H groups in total. The molecule has 0 fully saturated rings. The normalized spacial score (nSPS) is 15.7. The smallest absolute Gasteiger partial charge is 0.261 e. The quantitative estimate of drug-likeness (QED) is 0.502. The maximum atomic E-state index is 12.6. The number of nitrogens with one attached hydrogen (secondary N) is 1. The topological polar surface area (TPSA) is 94.1 Å². The Kier molecular flexibility index (Phi) is 4.83. The van der Waals surface area contributed by atoms with Crippen LogP contribution in [0.15, 0.2) is 90.4 Å². The second-order valence-corrected chi connectivity index (χ2v) is 8.79. The highest BCUT2D eigenvalue weighted by Crippen LogP contribution is 2.28. The first-order valence-corrected chi connectivity index (χ1v) is 11.2. The van der Waals surface area contributed by atoms with Crippen molar-refractivity contribution in [3.63, 3.8) is 0 Å². The summed E-state index contributed by atoms with van der Waals surface area (Å²) in [7, 11) is -3.69. The third-order valence-corrected chi connectivity index (χ3v) is 6.35. The maximum absolute atomic E-state index is 12.6. The van der Waals surface area contributed by atoms with Gasteiger partial charge in [0, 0.05) is 18.2 Å². The highest BCUT2D eigenvalue weighted by atomic mass is 32.2. The van der Waals surface area contributed by atoms with E-state index in [4.69, 9.17) is 9.72 Å². The molecule has 2 aromatic heterocycles. The van der Waals surface area contributed by atoms with Crippen molar-refractivity contribution < 1.29 is 13.2 Å². The van der Waals surface area contributed by atoms with Crippen LogP contribution >= 0.6 is 0 Å². The molecular weight excluding hydrogens is 412 g/mol. The van der Waals surface area contributed by atoms with Crippen LogP contribution in [-0.4, -0.2) is 23.4 Å². The maximum Gasteiger partial charge on any atom is 0.261 e. The van der Waals surface area contributed by atoms with Crippen LogP contribution in [0.4, 0.5) is 5.69 Å². The number of sulfonamides is 1. The van der Waals surface area contributed by atoms with Crippen molar-refractivity contribution in [2.24, 2.45) is 0 Å². The Hall–Kier alpha value is -3.78. The number of nitrogens with zero attached hydrogens (tertiary/aromatic N) is 3. The van der Waals surface area contributed by atoms with Gasteiger partial charge in [-0.1, -0.05) is 24.3 Å². The molecule has 0 radical (unpaired) electrons. The molecular formula is C23H18N4O3S. The summed E-state index contributed by atoms with van der Waals surface area (Å²) in [6.07, 6.45) is 9.20. The van der Waals surface area contributed by atoms with Gasteiger partial charge in [0.15, 0.2) is 0 Å². The van der Waals surface area contributed by atoms with Gasteiger partial charge in [-0.2, -0.15) is 0 Å². The lowest BCUT2D eigenvalue weighted by atomic mass is 10.1. The first-order chi connectivity index (χ1) is 15.1. The van der Waals surface area contributed by atoms with Gasteiger partial charge < -0.3 is 4.74 Å². The van der Waals surface area contributed by atoms with Gasteiger partial charge in [0.05, 0.1) is 40.3 Å². The van der Waals surface area contributed by atoms with Crippen LogP contribution in [0.3, 0.4) is 0 Å². The Morgan fingerprint density at radius 1 is 0.935 bits per heavy atom. The lowest BCUT2D eigenvalue weighted by molar-refractivity contribution is 0.169. The van der Waals surface area contributed by atoms with Crippen molar-refractivity contribution >= 4 is 26.7 Å². The van der Waals surface area contributed by atoms with E-state index in [1.54, 1.807) is 55.1 Å². The molecule has 5 rings (SSSR count). The summed E-state index contributed by atoms with van der Waals surface area (Å²) in [4.78, 5) is 13.6. The Balaban J connectivity index is 1.46. The summed E-state index contributed by atoms with van der Waals surface area (Å²) >= 11 is 0. The Labute approximate surface area is 179 Å². The molecule has 0 spiro atoms. The number of ether oxygens (including phenoxy) is 1. The summed E-state index contributed by atoms with van der Waals surface area (Å²) < 4.78 is 33.4. The average Bonchev–Trinajstić information content (AvgIpc) is 3.34. The third-order valence-electron chi connectivity index (χ3n) is 4.96. The summed E-state index contributed by atoms with van der Waals surface area (Å²) in [6.45, 7) is 0. The Morgan fingerprint density at radius 2 is 1.81 bits per heavy atom. The SMILES string of the molecule is O=S(=O)(Nc1cncc(-c2ccc3ncc(C4CC=CO4)nc3c2)c1)c1ccccc1. The van der Waals surface area contributed by atoms with Gasteiger partial charge in [0.1, 0.15) is 11.8 Å². The van der Waals surface area contributed by atoms with Gasteiger partial charge in [-0.25, -0.2) is 13.4 Å². The second-order valence-electron chi connectivity index (χ2n) is 7.11. The molecule has 1 aliphatic rings. The predicted octanol–water partition coefficient (Wildman–Crippen LogP) is 4.47. The highest BCUT2D eigenvalue weighted by molar-refractivity contribution is 7.92. The zero-order valence-electron chi connectivity index (χ0n) is 16.3. The van der Waals surface area contributed by atoms with E-state index < -0.39 is 10.0 Å². The molecule has 0 bridgehead atoms. The molecule has 31 heavy (non-hydrogen) atoms. The van der Waals surface area contributed by atoms with Crippen LogP contribution in [0.2, 0.25) is 0 Å². The highest BCUT2D eigenvalue weighted by Gasteiger charge is 2.17. The summed E-state index contributed by atoms with van der Waals surface area (Å²) in [5.41, 5.74) is 4.29. The molecule has 3 heterocycles. The minimum atomic E-state index is -3.69. The first kappa shape index (κ1) is 19.2. The second kappa shape index (κ2) is 7.81. The predicted molar refractivity (Wildman–Crippen MR) is 118 cm³/mol. The first-order valence-electron chi connectivity index (χ1n) is 9.69. The van der Waals surface area contributed by atoms with E-state index in [0.29, 0.717) is 5.69 Å². The number of anilines is 1.